The van der Waals surface area contributed by atoms with Crippen LogP contribution in [0, 0.1) is 5.92 Å². The molecule has 0 radical (unpaired) electrons. The molecule has 1 N–H and O–H groups in total. The highest BCUT2D eigenvalue weighted by Gasteiger charge is 2.36. The molecule has 0 bridgehead atoms. The average Bonchev–Trinajstić information content (AvgIpc) is 2.99. The van der Waals surface area contributed by atoms with E-state index in [2.05, 4.69) is 5.32 Å². The number of hydrogen-bond donors (Lipinski definition) is 1. The second kappa shape index (κ2) is 9.21. The van der Waals surface area contributed by atoms with E-state index in [0.717, 1.165) is 33.0 Å². The minimum atomic E-state index is -0.483. The van der Waals surface area contributed by atoms with E-state index in [4.69, 9.17) is 9.47 Å². The Bertz CT molecular complexity index is 1030. The molecule has 0 aliphatic carbocycles. The van der Waals surface area contributed by atoms with Gasteiger partial charge in [0.2, 0.25) is 5.91 Å². The normalized spacial score (nSPS) is 15.4. The van der Waals surface area contributed by atoms with Crippen LogP contribution in [0.3, 0.4) is 0 Å². The van der Waals surface area contributed by atoms with E-state index < -0.39 is 11.1 Å². The molecule has 1 fully saturated rings. The topological polar surface area (TPSA) is 84.9 Å². The van der Waals surface area contributed by atoms with Crippen molar-refractivity contribution < 1.29 is 23.9 Å². The Morgan fingerprint density at radius 1 is 1.13 bits per heavy atom. The maximum atomic E-state index is 12.8. The van der Waals surface area contributed by atoms with Crippen molar-refractivity contribution >= 4 is 45.7 Å². The number of carbonyl (C=O) groups is 3. The molecule has 0 unspecified atom stereocenters. The first-order valence-electron chi connectivity index (χ1n) is 9.51. The number of methoxy groups -OCH3 is 2. The van der Waals surface area contributed by atoms with E-state index in [1.165, 1.54) is 0 Å². The third-order valence-corrected chi connectivity index (χ3v) is 5.51. The Kier molecular flexibility index (Phi) is 6.66. The van der Waals surface area contributed by atoms with Crippen molar-refractivity contribution in [2.24, 2.45) is 5.92 Å². The SMILES string of the molecule is COc1ccc(/C=C2\SC(=O)N(CC(=O)NCC(C)C)C2=O)c2c(OC)cccc12. The van der Waals surface area contributed by atoms with E-state index in [1.54, 1.807) is 26.4 Å². The third-order valence-electron chi connectivity index (χ3n) is 4.60. The van der Waals surface area contributed by atoms with Gasteiger partial charge in [0.1, 0.15) is 18.0 Å². The molecule has 1 aliphatic rings. The Morgan fingerprint density at radius 2 is 1.87 bits per heavy atom. The number of nitrogens with zero attached hydrogens (tertiary/aromatic N) is 1. The predicted molar refractivity (Wildman–Crippen MR) is 118 cm³/mol. The highest BCUT2D eigenvalue weighted by Crippen LogP contribution is 2.38. The Hall–Kier alpha value is -3.00. The molecule has 2 aromatic rings. The molecule has 30 heavy (non-hydrogen) atoms. The summed E-state index contributed by atoms with van der Waals surface area (Å²) in [6.07, 6.45) is 1.65. The molecule has 2 aromatic carbocycles. The molecule has 8 heteroatoms. The van der Waals surface area contributed by atoms with E-state index >= 15 is 0 Å². The summed E-state index contributed by atoms with van der Waals surface area (Å²) < 4.78 is 10.9. The predicted octanol–water partition coefficient (Wildman–Crippen LogP) is 3.67. The standard InChI is InChI=1S/C22H24N2O5S/c1-13(2)11-23-19(25)12-24-21(26)18(30-22(24)27)10-14-8-9-16(28-3)15-6-5-7-17(29-4)20(14)15/h5-10,13H,11-12H2,1-4H3,(H,23,25)/b18-10-. The van der Waals surface area contributed by atoms with E-state index in [1.807, 2.05) is 38.1 Å². The van der Waals surface area contributed by atoms with E-state index in [-0.39, 0.29) is 23.3 Å². The lowest BCUT2D eigenvalue weighted by Gasteiger charge is -2.13. The number of rotatable bonds is 7. The zero-order chi connectivity index (χ0) is 21.8. The van der Waals surface area contributed by atoms with Crippen LogP contribution in [0.1, 0.15) is 19.4 Å². The molecule has 0 spiro atoms. The molecule has 1 heterocycles. The number of imide groups is 1. The molecule has 0 atom stereocenters. The fourth-order valence-corrected chi connectivity index (χ4v) is 3.97. The van der Waals surface area contributed by atoms with Crippen molar-refractivity contribution in [3.8, 4) is 11.5 Å². The van der Waals surface area contributed by atoms with Crippen LogP contribution >= 0.6 is 11.8 Å². The first-order valence-corrected chi connectivity index (χ1v) is 10.3. The van der Waals surface area contributed by atoms with Gasteiger partial charge in [0.15, 0.2) is 0 Å². The molecule has 1 aliphatic heterocycles. The maximum absolute atomic E-state index is 12.8. The number of nitrogens with one attached hydrogen (secondary N) is 1. The van der Waals surface area contributed by atoms with Crippen LogP contribution in [0.2, 0.25) is 0 Å². The van der Waals surface area contributed by atoms with Crippen molar-refractivity contribution in [3.63, 3.8) is 0 Å². The summed E-state index contributed by atoms with van der Waals surface area (Å²) in [5, 5.41) is 3.87. The van der Waals surface area contributed by atoms with Crippen LogP contribution < -0.4 is 14.8 Å². The summed E-state index contributed by atoms with van der Waals surface area (Å²) in [6.45, 7) is 4.14. The Balaban J connectivity index is 1.92. The molecule has 1 saturated heterocycles. The summed E-state index contributed by atoms with van der Waals surface area (Å²) in [6, 6.07) is 9.20. The first kappa shape index (κ1) is 21.7. The lowest BCUT2D eigenvalue weighted by molar-refractivity contribution is -0.129. The fraction of sp³-hybridized carbons (Fsp3) is 0.318. The summed E-state index contributed by atoms with van der Waals surface area (Å²) >= 11 is 0.821. The fourth-order valence-electron chi connectivity index (χ4n) is 3.14. The van der Waals surface area contributed by atoms with Gasteiger partial charge in [-0.3, -0.25) is 19.3 Å². The molecule has 158 valence electrons. The number of fused-ring (bicyclic) bond motifs is 1. The monoisotopic (exact) mass is 428 g/mol. The van der Waals surface area contributed by atoms with Gasteiger partial charge in [0.25, 0.3) is 11.1 Å². The number of amides is 3. The van der Waals surface area contributed by atoms with Gasteiger partial charge in [0.05, 0.1) is 19.1 Å². The molecule has 3 rings (SSSR count). The van der Waals surface area contributed by atoms with E-state index in [9.17, 15) is 14.4 Å². The second-order valence-corrected chi connectivity index (χ2v) is 8.20. The molecular weight excluding hydrogens is 404 g/mol. The summed E-state index contributed by atoms with van der Waals surface area (Å²) in [5.74, 6) is 0.746. The smallest absolute Gasteiger partial charge is 0.294 e. The average molecular weight is 429 g/mol. The summed E-state index contributed by atoms with van der Waals surface area (Å²) in [7, 11) is 3.16. The van der Waals surface area contributed by atoms with Gasteiger partial charge in [-0.2, -0.15) is 0 Å². The van der Waals surface area contributed by atoms with Gasteiger partial charge in [-0.25, -0.2) is 0 Å². The number of benzene rings is 2. The lowest BCUT2D eigenvalue weighted by Crippen LogP contribution is -2.40. The van der Waals surface area contributed by atoms with Crippen molar-refractivity contribution in [2.45, 2.75) is 13.8 Å². The van der Waals surface area contributed by atoms with E-state index in [0.29, 0.717) is 18.0 Å². The summed E-state index contributed by atoms with van der Waals surface area (Å²) in [5.41, 5.74) is 0.720. The van der Waals surface area contributed by atoms with Crippen molar-refractivity contribution in [1.82, 2.24) is 10.2 Å². The highest BCUT2D eigenvalue weighted by atomic mass is 32.2. The summed E-state index contributed by atoms with van der Waals surface area (Å²) in [4.78, 5) is 38.4. The number of carbonyl (C=O) groups excluding carboxylic acids is 3. The zero-order valence-electron chi connectivity index (χ0n) is 17.4. The molecule has 3 amide bonds. The van der Waals surface area contributed by atoms with Crippen LogP contribution in [0.5, 0.6) is 11.5 Å². The minimum absolute atomic E-state index is 0.258. The van der Waals surface area contributed by atoms with Crippen LogP contribution in [-0.2, 0) is 9.59 Å². The highest BCUT2D eigenvalue weighted by molar-refractivity contribution is 8.18. The van der Waals surface area contributed by atoms with Crippen LogP contribution in [0.25, 0.3) is 16.8 Å². The largest absolute Gasteiger partial charge is 0.496 e. The van der Waals surface area contributed by atoms with Gasteiger partial charge in [-0.15, -0.1) is 0 Å². The van der Waals surface area contributed by atoms with Gasteiger partial charge >= 0.3 is 0 Å². The van der Waals surface area contributed by atoms with Gasteiger partial charge in [0, 0.05) is 17.3 Å². The minimum Gasteiger partial charge on any atom is -0.496 e. The number of ether oxygens (including phenoxy) is 2. The molecular formula is C22H24N2O5S. The van der Waals surface area contributed by atoms with Crippen molar-refractivity contribution in [3.05, 3.63) is 40.8 Å². The maximum Gasteiger partial charge on any atom is 0.294 e. The van der Waals surface area contributed by atoms with Crippen LogP contribution in [0.4, 0.5) is 4.79 Å². The third kappa shape index (κ3) is 4.43. The Labute approximate surface area is 179 Å². The number of thioether (sulfide) groups is 1. The van der Waals surface area contributed by atoms with Crippen molar-refractivity contribution in [2.75, 3.05) is 27.3 Å². The molecule has 0 saturated carbocycles. The second-order valence-electron chi connectivity index (χ2n) is 7.21. The lowest BCUT2D eigenvalue weighted by atomic mass is 10.0. The van der Waals surface area contributed by atoms with Crippen molar-refractivity contribution in [1.29, 1.82) is 0 Å². The van der Waals surface area contributed by atoms with Gasteiger partial charge in [-0.1, -0.05) is 32.0 Å². The van der Waals surface area contributed by atoms with Gasteiger partial charge in [-0.05, 0) is 41.5 Å². The first-order chi connectivity index (χ1) is 14.3. The molecule has 0 aromatic heterocycles. The van der Waals surface area contributed by atoms with Crippen LogP contribution in [-0.4, -0.2) is 49.3 Å². The quantitative estimate of drug-likeness (QED) is 0.678. The Morgan fingerprint density at radius 3 is 2.53 bits per heavy atom. The molecule has 7 nitrogen and oxygen atoms in total. The number of hydrogen-bond acceptors (Lipinski definition) is 6. The zero-order valence-corrected chi connectivity index (χ0v) is 18.2. The van der Waals surface area contributed by atoms with Gasteiger partial charge < -0.3 is 14.8 Å². The van der Waals surface area contributed by atoms with Crippen LogP contribution in [0.15, 0.2) is 35.2 Å².